The molecule has 1 aromatic carbocycles. The van der Waals surface area contributed by atoms with Gasteiger partial charge in [0.1, 0.15) is 0 Å². The molecule has 2 heterocycles. The fourth-order valence-electron chi connectivity index (χ4n) is 2.37. The third-order valence-corrected chi connectivity index (χ3v) is 3.51. The van der Waals surface area contributed by atoms with Crippen molar-refractivity contribution in [1.82, 2.24) is 15.6 Å². The van der Waals surface area contributed by atoms with Crippen LogP contribution in [0, 0.1) is 0 Å². The van der Waals surface area contributed by atoms with Crippen molar-refractivity contribution >= 4 is 5.91 Å². The molecule has 5 heteroatoms. The highest BCUT2D eigenvalue weighted by molar-refractivity contribution is 5.82. The zero-order valence-electron chi connectivity index (χ0n) is 11.1. The summed E-state index contributed by atoms with van der Waals surface area (Å²) in [5.41, 5.74) is 2.05. The Bertz CT molecular complexity index is 557. The summed E-state index contributed by atoms with van der Waals surface area (Å²) in [5.74, 6) is 0.831. The lowest BCUT2D eigenvalue weighted by molar-refractivity contribution is -0.122. The van der Waals surface area contributed by atoms with Crippen molar-refractivity contribution < 1.29 is 9.21 Å². The molecule has 1 fully saturated rings. The predicted octanol–water partition coefficient (Wildman–Crippen LogP) is 1.71. The first-order valence-corrected chi connectivity index (χ1v) is 6.82. The van der Waals surface area contributed by atoms with Gasteiger partial charge in [0.25, 0.3) is 0 Å². The highest BCUT2D eigenvalue weighted by Gasteiger charge is 2.21. The average Bonchev–Trinajstić information content (AvgIpc) is 3.18. The maximum atomic E-state index is 11.9. The fraction of sp³-hybridized carbons (Fsp3) is 0.333. The smallest absolute Gasteiger partial charge is 0.237 e. The van der Waals surface area contributed by atoms with Crippen molar-refractivity contribution in [3.63, 3.8) is 0 Å². The molecule has 2 aromatic rings. The molecule has 1 aliphatic heterocycles. The van der Waals surface area contributed by atoms with Crippen LogP contribution in [0.1, 0.15) is 18.4 Å². The Morgan fingerprint density at radius 1 is 1.40 bits per heavy atom. The summed E-state index contributed by atoms with van der Waals surface area (Å²) in [6.45, 7) is 1.48. The SMILES string of the molecule is O=C(NCc1ccc(-c2cnco2)cc1)C1CCCN1. The Kier molecular flexibility index (Phi) is 3.78. The van der Waals surface area contributed by atoms with Crippen LogP contribution in [-0.2, 0) is 11.3 Å². The number of hydrogen-bond acceptors (Lipinski definition) is 4. The van der Waals surface area contributed by atoms with Crippen LogP contribution in [-0.4, -0.2) is 23.5 Å². The minimum absolute atomic E-state index is 0.0246. The van der Waals surface area contributed by atoms with E-state index in [1.165, 1.54) is 6.39 Å². The van der Waals surface area contributed by atoms with Gasteiger partial charge in [0.15, 0.2) is 12.2 Å². The highest BCUT2D eigenvalue weighted by Crippen LogP contribution is 2.18. The van der Waals surface area contributed by atoms with E-state index in [0.717, 1.165) is 36.3 Å². The number of carbonyl (C=O) groups is 1. The summed E-state index contributed by atoms with van der Waals surface area (Å²) < 4.78 is 5.24. The van der Waals surface area contributed by atoms with E-state index in [1.54, 1.807) is 6.20 Å². The van der Waals surface area contributed by atoms with E-state index in [9.17, 15) is 4.79 Å². The summed E-state index contributed by atoms with van der Waals surface area (Å²) in [5, 5.41) is 6.15. The third kappa shape index (κ3) is 2.88. The topological polar surface area (TPSA) is 67.2 Å². The minimum Gasteiger partial charge on any atom is -0.444 e. The van der Waals surface area contributed by atoms with Crippen LogP contribution in [0.2, 0.25) is 0 Å². The number of nitrogens with zero attached hydrogens (tertiary/aromatic N) is 1. The van der Waals surface area contributed by atoms with E-state index in [0.29, 0.717) is 6.54 Å². The molecule has 1 unspecified atom stereocenters. The van der Waals surface area contributed by atoms with Crippen molar-refractivity contribution in [1.29, 1.82) is 0 Å². The van der Waals surface area contributed by atoms with Gasteiger partial charge in [-0.05, 0) is 24.9 Å². The van der Waals surface area contributed by atoms with E-state index in [1.807, 2.05) is 24.3 Å². The van der Waals surface area contributed by atoms with Gasteiger partial charge >= 0.3 is 0 Å². The Balaban J connectivity index is 1.57. The molecule has 1 amide bonds. The Hall–Kier alpha value is -2.14. The van der Waals surface area contributed by atoms with Gasteiger partial charge in [-0.15, -0.1) is 0 Å². The van der Waals surface area contributed by atoms with Crippen molar-refractivity contribution in [2.24, 2.45) is 0 Å². The predicted molar refractivity (Wildman–Crippen MR) is 74.8 cm³/mol. The Morgan fingerprint density at radius 3 is 2.90 bits per heavy atom. The molecular formula is C15H17N3O2. The minimum atomic E-state index is -0.0246. The monoisotopic (exact) mass is 271 g/mol. The standard InChI is InChI=1S/C15H17N3O2/c19-15(13-2-1-7-17-13)18-8-11-3-5-12(6-4-11)14-9-16-10-20-14/h3-6,9-10,13,17H,1-2,7-8H2,(H,18,19). The number of nitrogens with one attached hydrogen (secondary N) is 2. The molecule has 0 aliphatic carbocycles. The molecule has 1 saturated heterocycles. The quantitative estimate of drug-likeness (QED) is 0.888. The lowest BCUT2D eigenvalue weighted by atomic mass is 10.1. The van der Waals surface area contributed by atoms with Crippen LogP contribution in [0.25, 0.3) is 11.3 Å². The molecule has 0 saturated carbocycles. The normalized spacial score (nSPS) is 18.1. The summed E-state index contributed by atoms with van der Waals surface area (Å²) in [6, 6.07) is 7.88. The van der Waals surface area contributed by atoms with E-state index < -0.39 is 0 Å². The van der Waals surface area contributed by atoms with Crippen molar-refractivity contribution in [2.75, 3.05) is 6.54 Å². The molecule has 2 N–H and O–H groups in total. The van der Waals surface area contributed by atoms with Crippen LogP contribution >= 0.6 is 0 Å². The first kappa shape index (κ1) is 12.9. The van der Waals surface area contributed by atoms with Gasteiger partial charge in [-0.25, -0.2) is 4.98 Å². The van der Waals surface area contributed by atoms with Gasteiger partial charge in [0.05, 0.1) is 12.2 Å². The van der Waals surface area contributed by atoms with E-state index in [2.05, 4.69) is 15.6 Å². The van der Waals surface area contributed by atoms with Gasteiger partial charge in [-0.1, -0.05) is 24.3 Å². The maximum Gasteiger partial charge on any atom is 0.237 e. The molecule has 0 radical (unpaired) electrons. The first-order chi connectivity index (χ1) is 9.83. The van der Waals surface area contributed by atoms with Gasteiger partial charge in [0, 0.05) is 12.1 Å². The average molecular weight is 271 g/mol. The molecule has 1 atom stereocenters. The molecule has 1 aliphatic rings. The Morgan fingerprint density at radius 2 is 2.25 bits per heavy atom. The Labute approximate surface area is 117 Å². The second kappa shape index (κ2) is 5.88. The summed E-state index contributed by atoms with van der Waals surface area (Å²) in [7, 11) is 0. The van der Waals surface area contributed by atoms with Crippen molar-refractivity contribution in [3.8, 4) is 11.3 Å². The summed E-state index contributed by atoms with van der Waals surface area (Å²) in [4.78, 5) is 15.8. The second-order valence-electron chi connectivity index (χ2n) is 4.93. The third-order valence-electron chi connectivity index (χ3n) is 3.51. The van der Waals surface area contributed by atoms with E-state index >= 15 is 0 Å². The molecule has 3 rings (SSSR count). The van der Waals surface area contributed by atoms with Gasteiger partial charge in [0.2, 0.25) is 5.91 Å². The molecule has 0 bridgehead atoms. The number of benzene rings is 1. The largest absolute Gasteiger partial charge is 0.444 e. The number of oxazole rings is 1. The van der Waals surface area contributed by atoms with E-state index in [-0.39, 0.29) is 11.9 Å². The molecule has 1 aromatic heterocycles. The first-order valence-electron chi connectivity index (χ1n) is 6.82. The molecule has 0 spiro atoms. The summed E-state index contributed by atoms with van der Waals surface area (Å²) >= 11 is 0. The van der Waals surface area contributed by atoms with Gasteiger partial charge in [-0.2, -0.15) is 0 Å². The highest BCUT2D eigenvalue weighted by atomic mass is 16.3. The zero-order chi connectivity index (χ0) is 13.8. The lowest BCUT2D eigenvalue weighted by Gasteiger charge is -2.11. The molecule has 20 heavy (non-hydrogen) atoms. The number of carbonyl (C=O) groups excluding carboxylic acids is 1. The van der Waals surface area contributed by atoms with Crippen LogP contribution in [0.5, 0.6) is 0 Å². The van der Waals surface area contributed by atoms with Crippen LogP contribution in [0.4, 0.5) is 0 Å². The van der Waals surface area contributed by atoms with Gasteiger partial charge in [-0.3, -0.25) is 4.79 Å². The number of amides is 1. The van der Waals surface area contributed by atoms with Gasteiger partial charge < -0.3 is 15.1 Å². The molecule has 104 valence electrons. The lowest BCUT2D eigenvalue weighted by Crippen LogP contribution is -2.39. The number of aromatic nitrogens is 1. The molecule has 5 nitrogen and oxygen atoms in total. The second-order valence-corrected chi connectivity index (χ2v) is 4.93. The van der Waals surface area contributed by atoms with Crippen LogP contribution in [0.15, 0.2) is 41.3 Å². The fourth-order valence-corrected chi connectivity index (χ4v) is 2.37. The van der Waals surface area contributed by atoms with Crippen LogP contribution in [0.3, 0.4) is 0 Å². The summed E-state index contributed by atoms with van der Waals surface area (Å²) in [6.07, 6.45) is 5.10. The number of rotatable bonds is 4. The molecular weight excluding hydrogens is 254 g/mol. The van der Waals surface area contributed by atoms with Crippen molar-refractivity contribution in [3.05, 3.63) is 42.4 Å². The zero-order valence-corrected chi connectivity index (χ0v) is 11.1. The van der Waals surface area contributed by atoms with Crippen molar-refractivity contribution in [2.45, 2.75) is 25.4 Å². The van der Waals surface area contributed by atoms with E-state index in [4.69, 9.17) is 4.42 Å². The van der Waals surface area contributed by atoms with Crippen LogP contribution < -0.4 is 10.6 Å². The number of hydrogen-bond donors (Lipinski definition) is 2. The maximum absolute atomic E-state index is 11.9.